The van der Waals surface area contributed by atoms with Crippen LogP contribution in [0.15, 0.2) is 51.9 Å². The van der Waals surface area contributed by atoms with Crippen molar-refractivity contribution in [2.24, 2.45) is 0 Å². The molecule has 1 atom stereocenters. The van der Waals surface area contributed by atoms with Gasteiger partial charge in [-0.1, -0.05) is 18.2 Å². The van der Waals surface area contributed by atoms with Gasteiger partial charge in [0.05, 0.1) is 24.8 Å². The van der Waals surface area contributed by atoms with E-state index >= 15 is 0 Å². The molecule has 1 fully saturated rings. The molecule has 0 bridgehead atoms. The lowest BCUT2D eigenvalue weighted by Gasteiger charge is -2.31. The number of nitrogens with one attached hydrogen (secondary N) is 1. The predicted octanol–water partition coefficient (Wildman–Crippen LogP) is 1.73. The number of rotatable bonds is 2. The minimum absolute atomic E-state index is 0.234. The predicted molar refractivity (Wildman–Crippen MR) is 85.7 cm³/mol. The Bertz CT molecular complexity index is 932. The van der Waals surface area contributed by atoms with E-state index in [-0.39, 0.29) is 23.3 Å². The van der Waals surface area contributed by atoms with Crippen LogP contribution in [0.2, 0.25) is 0 Å². The van der Waals surface area contributed by atoms with Gasteiger partial charge in [0.25, 0.3) is 11.5 Å². The molecule has 0 aliphatic carbocycles. The summed E-state index contributed by atoms with van der Waals surface area (Å²) in [4.78, 5) is 26.4. The quantitative estimate of drug-likeness (QED) is 0.775. The summed E-state index contributed by atoms with van der Waals surface area (Å²) in [6.45, 7) is 1.26. The molecule has 4 rings (SSSR count). The zero-order chi connectivity index (χ0) is 16.5. The molecule has 0 spiro atoms. The molecule has 1 saturated heterocycles. The molecule has 7 heteroatoms. The minimum Gasteiger partial charge on any atom is -0.467 e. The summed E-state index contributed by atoms with van der Waals surface area (Å²) in [6.07, 6.45) is 1.28. The maximum Gasteiger partial charge on any atom is 0.275 e. The Morgan fingerprint density at radius 2 is 2.04 bits per heavy atom. The molecule has 1 amide bonds. The van der Waals surface area contributed by atoms with Crippen LogP contribution in [0.4, 0.5) is 0 Å². The lowest BCUT2D eigenvalue weighted by molar-refractivity contribution is -0.0322. The van der Waals surface area contributed by atoms with Crippen molar-refractivity contribution in [1.29, 1.82) is 0 Å². The SMILES string of the molecule is O=C(c1n[nH]c(=O)c2ccccc12)N1CCO[C@@H](c2ccco2)C1. The standard InChI is InChI=1S/C17H15N3O4/c21-16-12-5-2-1-4-11(12)15(18-19-16)17(22)20-7-9-24-14(10-20)13-6-3-8-23-13/h1-6,8,14H,7,9-10H2,(H,19,21)/t14-/m1/s1. The first-order valence-corrected chi connectivity index (χ1v) is 7.66. The van der Waals surface area contributed by atoms with Crippen LogP contribution < -0.4 is 5.56 Å². The second kappa shape index (κ2) is 5.93. The fourth-order valence-corrected chi connectivity index (χ4v) is 2.91. The summed E-state index contributed by atoms with van der Waals surface area (Å²) >= 11 is 0. The number of hydrogen-bond donors (Lipinski definition) is 1. The first-order valence-electron chi connectivity index (χ1n) is 7.66. The van der Waals surface area contributed by atoms with Crippen molar-refractivity contribution >= 4 is 16.7 Å². The van der Waals surface area contributed by atoms with Crippen molar-refractivity contribution in [3.8, 4) is 0 Å². The number of benzene rings is 1. The maximum atomic E-state index is 12.9. The number of carbonyl (C=O) groups excluding carboxylic acids is 1. The number of ether oxygens (including phenoxy) is 1. The Morgan fingerprint density at radius 3 is 2.83 bits per heavy atom. The van der Waals surface area contributed by atoms with Crippen molar-refractivity contribution in [2.75, 3.05) is 19.7 Å². The highest BCUT2D eigenvalue weighted by Gasteiger charge is 2.29. The molecule has 7 nitrogen and oxygen atoms in total. The van der Waals surface area contributed by atoms with Gasteiger partial charge in [0, 0.05) is 11.9 Å². The molecule has 0 unspecified atom stereocenters. The zero-order valence-electron chi connectivity index (χ0n) is 12.8. The Morgan fingerprint density at radius 1 is 1.21 bits per heavy atom. The Kier molecular flexibility index (Phi) is 3.62. The second-order valence-corrected chi connectivity index (χ2v) is 5.57. The molecule has 3 aromatic rings. The van der Waals surface area contributed by atoms with Crippen molar-refractivity contribution in [1.82, 2.24) is 15.1 Å². The van der Waals surface area contributed by atoms with Gasteiger partial charge in [-0.05, 0) is 18.2 Å². The monoisotopic (exact) mass is 325 g/mol. The zero-order valence-corrected chi connectivity index (χ0v) is 12.8. The van der Waals surface area contributed by atoms with Gasteiger partial charge in [0.15, 0.2) is 5.69 Å². The van der Waals surface area contributed by atoms with E-state index in [1.54, 1.807) is 41.5 Å². The van der Waals surface area contributed by atoms with Gasteiger partial charge in [0.1, 0.15) is 11.9 Å². The fourth-order valence-electron chi connectivity index (χ4n) is 2.91. The highest BCUT2D eigenvalue weighted by Crippen LogP contribution is 2.24. The number of carbonyl (C=O) groups is 1. The Labute approximate surface area is 136 Å². The number of hydrogen-bond acceptors (Lipinski definition) is 5. The van der Waals surface area contributed by atoms with E-state index in [9.17, 15) is 9.59 Å². The van der Waals surface area contributed by atoms with Crippen LogP contribution in [-0.4, -0.2) is 40.7 Å². The molecule has 0 saturated carbocycles. The van der Waals surface area contributed by atoms with E-state index in [0.29, 0.717) is 36.2 Å². The van der Waals surface area contributed by atoms with E-state index in [0.717, 1.165) is 0 Å². The van der Waals surface area contributed by atoms with Crippen molar-refractivity contribution < 1.29 is 13.9 Å². The van der Waals surface area contributed by atoms with Crippen molar-refractivity contribution in [3.63, 3.8) is 0 Å². The number of furan rings is 1. The van der Waals surface area contributed by atoms with Crippen LogP contribution in [0.25, 0.3) is 10.8 Å². The van der Waals surface area contributed by atoms with Gasteiger partial charge in [-0.2, -0.15) is 5.10 Å². The molecule has 1 aromatic carbocycles. The van der Waals surface area contributed by atoms with E-state index in [2.05, 4.69) is 10.2 Å². The maximum absolute atomic E-state index is 12.9. The largest absolute Gasteiger partial charge is 0.467 e. The Balaban J connectivity index is 1.66. The molecule has 0 radical (unpaired) electrons. The first-order chi connectivity index (χ1) is 11.7. The van der Waals surface area contributed by atoms with Gasteiger partial charge >= 0.3 is 0 Å². The summed E-state index contributed by atoms with van der Waals surface area (Å²) in [7, 11) is 0. The average Bonchev–Trinajstić information content (AvgIpc) is 3.17. The molecule has 122 valence electrons. The summed E-state index contributed by atoms with van der Waals surface area (Å²) in [5.41, 5.74) is -0.0668. The minimum atomic E-state index is -0.308. The highest BCUT2D eigenvalue weighted by atomic mass is 16.5. The van der Waals surface area contributed by atoms with E-state index in [1.807, 2.05) is 6.07 Å². The second-order valence-electron chi connectivity index (χ2n) is 5.57. The number of aromatic nitrogens is 2. The molecule has 3 heterocycles. The van der Waals surface area contributed by atoms with Gasteiger partial charge in [0.2, 0.25) is 0 Å². The number of aromatic amines is 1. The topological polar surface area (TPSA) is 88.4 Å². The number of amides is 1. The van der Waals surface area contributed by atoms with Crippen molar-refractivity contribution in [2.45, 2.75) is 6.10 Å². The first kappa shape index (κ1) is 14.6. The third-order valence-electron chi connectivity index (χ3n) is 4.11. The van der Waals surface area contributed by atoms with Crippen LogP contribution in [0.3, 0.4) is 0 Å². The highest BCUT2D eigenvalue weighted by molar-refractivity contribution is 6.04. The molecular weight excluding hydrogens is 310 g/mol. The van der Waals surface area contributed by atoms with E-state index < -0.39 is 0 Å². The van der Waals surface area contributed by atoms with Crippen molar-refractivity contribution in [3.05, 3.63) is 64.5 Å². The van der Waals surface area contributed by atoms with Gasteiger partial charge in [-0.25, -0.2) is 5.10 Å². The van der Waals surface area contributed by atoms with Gasteiger partial charge in [-0.3, -0.25) is 9.59 Å². The molecule has 1 aliphatic rings. The van der Waals surface area contributed by atoms with E-state index in [4.69, 9.17) is 9.15 Å². The number of fused-ring (bicyclic) bond motifs is 1. The lowest BCUT2D eigenvalue weighted by atomic mass is 10.1. The molecule has 1 N–H and O–H groups in total. The third kappa shape index (κ3) is 2.48. The normalized spacial score (nSPS) is 18.0. The van der Waals surface area contributed by atoms with Crippen LogP contribution >= 0.6 is 0 Å². The average molecular weight is 325 g/mol. The summed E-state index contributed by atoms with van der Waals surface area (Å²) < 4.78 is 11.0. The summed E-state index contributed by atoms with van der Waals surface area (Å²) in [6, 6.07) is 10.6. The van der Waals surface area contributed by atoms with Gasteiger partial charge in [-0.15, -0.1) is 0 Å². The summed E-state index contributed by atoms with van der Waals surface area (Å²) in [5, 5.41) is 7.37. The van der Waals surface area contributed by atoms with Crippen LogP contribution in [0.5, 0.6) is 0 Å². The summed E-state index contributed by atoms with van der Waals surface area (Å²) in [5.74, 6) is 0.453. The molecule has 24 heavy (non-hydrogen) atoms. The molecule has 1 aliphatic heterocycles. The number of nitrogens with zero attached hydrogens (tertiary/aromatic N) is 2. The van der Waals surface area contributed by atoms with E-state index in [1.165, 1.54) is 0 Å². The Hall–Kier alpha value is -2.93. The third-order valence-corrected chi connectivity index (χ3v) is 4.11. The van der Waals surface area contributed by atoms with Gasteiger partial charge < -0.3 is 14.1 Å². The fraction of sp³-hybridized carbons (Fsp3) is 0.235. The number of H-pyrrole nitrogens is 1. The molecule has 2 aromatic heterocycles. The van der Waals surface area contributed by atoms with Crippen LogP contribution in [0.1, 0.15) is 22.4 Å². The van der Waals surface area contributed by atoms with Crippen LogP contribution in [0, 0.1) is 0 Å². The smallest absolute Gasteiger partial charge is 0.275 e. The lowest BCUT2D eigenvalue weighted by Crippen LogP contribution is -2.42. The van der Waals surface area contributed by atoms with Crippen LogP contribution in [-0.2, 0) is 4.74 Å². The number of morpholine rings is 1. The molecular formula is C17H15N3O4.